The molecule has 0 heterocycles. The number of carbonyl (C=O) groups excluding carboxylic acids is 2. The van der Waals surface area contributed by atoms with E-state index in [1.54, 1.807) is 6.92 Å². The molecule has 20 heavy (non-hydrogen) atoms. The molecular weight excluding hydrogens is 292 g/mol. The molecule has 0 aliphatic rings. The molecule has 0 unspecified atom stereocenters. The minimum absolute atomic E-state index is 0.176. The van der Waals surface area contributed by atoms with Gasteiger partial charge in [0, 0.05) is 25.3 Å². The number of ether oxygens (including phenoxy) is 1. The van der Waals surface area contributed by atoms with Crippen LogP contribution in [0.15, 0.2) is 24.3 Å². The van der Waals surface area contributed by atoms with Gasteiger partial charge in [0.1, 0.15) is 11.6 Å². The van der Waals surface area contributed by atoms with E-state index in [-0.39, 0.29) is 17.3 Å². The molecule has 1 rings (SSSR count). The average Bonchev–Trinajstić information content (AvgIpc) is 2.39. The van der Waals surface area contributed by atoms with Crippen LogP contribution in [0.4, 0.5) is 14.5 Å². The van der Waals surface area contributed by atoms with Crippen LogP contribution < -0.4 is 4.90 Å². The summed E-state index contributed by atoms with van der Waals surface area (Å²) in [5.41, 5.74) is -0.199. The van der Waals surface area contributed by atoms with E-state index in [9.17, 15) is 18.4 Å². The maximum absolute atomic E-state index is 13.6. The summed E-state index contributed by atoms with van der Waals surface area (Å²) in [4.78, 5) is 23.7. The number of likely N-dealkylation sites (N-methyl/N-ethyl adjacent to an activating group) is 1. The van der Waals surface area contributed by atoms with E-state index < -0.39 is 23.5 Å². The number of hydrogen-bond acceptors (Lipinski definition) is 3. The molecule has 0 aliphatic carbocycles. The average molecular weight is 304 g/mol. The first-order valence-electron chi connectivity index (χ1n) is 5.63. The van der Waals surface area contributed by atoms with Crippen LogP contribution in [0.2, 0.25) is 5.02 Å². The monoisotopic (exact) mass is 303 g/mol. The first-order valence-corrected chi connectivity index (χ1v) is 6.01. The van der Waals surface area contributed by atoms with Crippen molar-refractivity contribution >= 4 is 29.2 Å². The number of esters is 1. The predicted octanol–water partition coefficient (Wildman–Crippen LogP) is 2.70. The SMILES string of the molecule is CCOC(=O)/C=C/C(=O)N(C)c1cc(Cl)c(F)cc1F. The van der Waals surface area contributed by atoms with Crippen molar-refractivity contribution in [1.29, 1.82) is 0 Å². The molecule has 4 nitrogen and oxygen atoms in total. The molecule has 0 saturated carbocycles. The minimum atomic E-state index is -0.938. The van der Waals surface area contributed by atoms with Gasteiger partial charge in [-0.05, 0) is 13.0 Å². The lowest BCUT2D eigenvalue weighted by Crippen LogP contribution is -2.25. The molecule has 1 aromatic carbocycles. The fraction of sp³-hybridized carbons (Fsp3) is 0.231. The Morgan fingerprint density at radius 3 is 2.55 bits per heavy atom. The molecule has 0 aromatic heterocycles. The standard InChI is InChI=1S/C13H12ClF2NO3/c1-3-20-13(19)5-4-12(18)17(2)11-6-8(14)9(15)7-10(11)16/h4-7H,3H2,1-2H3/b5-4+. The Hall–Kier alpha value is -1.95. The molecule has 7 heteroatoms. The van der Waals surface area contributed by atoms with Crippen LogP contribution in [0, 0.1) is 11.6 Å². The summed E-state index contributed by atoms with van der Waals surface area (Å²) in [6.45, 7) is 1.80. The highest BCUT2D eigenvalue weighted by Gasteiger charge is 2.16. The second-order valence-corrected chi connectivity index (χ2v) is 4.11. The maximum Gasteiger partial charge on any atom is 0.330 e. The van der Waals surface area contributed by atoms with Gasteiger partial charge in [0.05, 0.1) is 17.3 Å². The van der Waals surface area contributed by atoms with Gasteiger partial charge in [-0.2, -0.15) is 0 Å². The Morgan fingerprint density at radius 1 is 1.30 bits per heavy atom. The van der Waals surface area contributed by atoms with Crippen molar-refractivity contribution in [2.45, 2.75) is 6.92 Å². The van der Waals surface area contributed by atoms with E-state index in [1.807, 2.05) is 0 Å². The quantitative estimate of drug-likeness (QED) is 0.488. The zero-order chi connectivity index (χ0) is 15.3. The number of benzene rings is 1. The summed E-state index contributed by atoms with van der Waals surface area (Å²) in [6, 6.07) is 1.57. The normalized spacial score (nSPS) is 10.7. The summed E-state index contributed by atoms with van der Waals surface area (Å²) in [7, 11) is 1.27. The third-order valence-corrected chi connectivity index (χ3v) is 2.62. The second-order valence-electron chi connectivity index (χ2n) is 3.70. The Labute approximate surface area is 119 Å². The number of amides is 1. The van der Waals surface area contributed by atoms with Crippen LogP contribution in [0.25, 0.3) is 0 Å². The van der Waals surface area contributed by atoms with Gasteiger partial charge in [-0.1, -0.05) is 11.6 Å². The molecule has 1 amide bonds. The third kappa shape index (κ3) is 4.03. The van der Waals surface area contributed by atoms with Gasteiger partial charge in [0.15, 0.2) is 0 Å². The minimum Gasteiger partial charge on any atom is -0.463 e. The number of anilines is 1. The summed E-state index contributed by atoms with van der Waals surface area (Å²) in [5, 5.41) is -0.310. The van der Waals surface area contributed by atoms with Crippen LogP contribution >= 0.6 is 11.6 Å². The van der Waals surface area contributed by atoms with Gasteiger partial charge >= 0.3 is 5.97 Å². The Balaban J connectivity index is 2.90. The van der Waals surface area contributed by atoms with Gasteiger partial charge in [-0.25, -0.2) is 13.6 Å². The van der Waals surface area contributed by atoms with Crippen molar-refractivity contribution in [2.75, 3.05) is 18.6 Å². The molecule has 0 N–H and O–H groups in total. The molecule has 0 bridgehead atoms. The molecule has 1 aromatic rings. The van der Waals surface area contributed by atoms with E-state index in [1.165, 1.54) is 7.05 Å². The van der Waals surface area contributed by atoms with E-state index in [4.69, 9.17) is 11.6 Å². The zero-order valence-corrected chi connectivity index (χ0v) is 11.6. The largest absolute Gasteiger partial charge is 0.463 e. The molecule has 108 valence electrons. The van der Waals surface area contributed by atoms with Gasteiger partial charge in [-0.15, -0.1) is 0 Å². The van der Waals surface area contributed by atoms with E-state index in [2.05, 4.69) is 4.74 Å². The molecule has 0 saturated heterocycles. The van der Waals surface area contributed by atoms with Crippen molar-refractivity contribution in [2.24, 2.45) is 0 Å². The van der Waals surface area contributed by atoms with Crippen molar-refractivity contribution in [1.82, 2.24) is 0 Å². The van der Waals surface area contributed by atoms with Crippen LogP contribution in [-0.4, -0.2) is 25.5 Å². The van der Waals surface area contributed by atoms with E-state index in [0.29, 0.717) is 6.07 Å². The summed E-state index contributed by atoms with van der Waals surface area (Å²) in [6.07, 6.45) is 1.85. The highest BCUT2D eigenvalue weighted by molar-refractivity contribution is 6.31. The van der Waals surface area contributed by atoms with Crippen molar-refractivity contribution in [3.63, 3.8) is 0 Å². The molecule has 0 radical (unpaired) electrons. The van der Waals surface area contributed by atoms with E-state index >= 15 is 0 Å². The smallest absolute Gasteiger partial charge is 0.330 e. The number of halogens is 3. The summed E-state index contributed by atoms with van der Waals surface area (Å²) in [5.74, 6) is -3.23. The zero-order valence-electron chi connectivity index (χ0n) is 10.8. The lowest BCUT2D eigenvalue weighted by atomic mass is 10.2. The van der Waals surface area contributed by atoms with E-state index in [0.717, 1.165) is 23.1 Å². The number of hydrogen-bond donors (Lipinski definition) is 0. The lowest BCUT2D eigenvalue weighted by Gasteiger charge is -2.16. The van der Waals surface area contributed by atoms with Crippen LogP contribution in [0.3, 0.4) is 0 Å². The first-order chi connectivity index (χ1) is 9.36. The Morgan fingerprint density at radius 2 is 1.95 bits per heavy atom. The maximum atomic E-state index is 13.6. The fourth-order valence-electron chi connectivity index (χ4n) is 1.33. The predicted molar refractivity (Wildman–Crippen MR) is 70.6 cm³/mol. The Bertz CT molecular complexity index is 561. The summed E-state index contributed by atoms with van der Waals surface area (Å²) < 4.78 is 31.2. The molecule has 0 atom stereocenters. The molecular formula is C13H12ClF2NO3. The van der Waals surface area contributed by atoms with Crippen molar-refractivity contribution < 1.29 is 23.1 Å². The Kier molecular flexibility index (Phi) is 5.64. The van der Waals surface area contributed by atoms with Gasteiger partial charge in [-0.3, -0.25) is 4.79 Å². The fourth-order valence-corrected chi connectivity index (χ4v) is 1.49. The van der Waals surface area contributed by atoms with Crippen LogP contribution in [-0.2, 0) is 14.3 Å². The van der Waals surface area contributed by atoms with Crippen LogP contribution in [0.1, 0.15) is 6.92 Å². The van der Waals surface area contributed by atoms with Crippen molar-refractivity contribution in [3.05, 3.63) is 40.9 Å². The van der Waals surface area contributed by atoms with Gasteiger partial charge < -0.3 is 9.64 Å². The lowest BCUT2D eigenvalue weighted by molar-refractivity contribution is -0.137. The first kappa shape index (κ1) is 16.1. The molecule has 0 aliphatic heterocycles. The highest BCUT2D eigenvalue weighted by Crippen LogP contribution is 2.25. The van der Waals surface area contributed by atoms with Crippen molar-refractivity contribution in [3.8, 4) is 0 Å². The number of nitrogens with zero attached hydrogens (tertiary/aromatic N) is 1. The highest BCUT2D eigenvalue weighted by atomic mass is 35.5. The summed E-state index contributed by atoms with van der Waals surface area (Å²) >= 11 is 5.53. The van der Waals surface area contributed by atoms with Gasteiger partial charge in [0.25, 0.3) is 5.91 Å². The molecule has 0 fully saturated rings. The van der Waals surface area contributed by atoms with Crippen LogP contribution in [0.5, 0.6) is 0 Å². The topological polar surface area (TPSA) is 46.6 Å². The third-order valence-electron chi connectivity index (χ3n) is 2.33. The molecule has 0 spiro atoms. The second kappa shape index (κ2) is 7.00. The number of carbonyl (C=O) groups is 2. The van der Waals surface area contributed by atoms with Gasteiger partial charge in [0.2, 0.25) is 0 Å². The number of rotatable bonds is 4.